The van der Waals surface area contributed by atoms with Crippen molar-refractivity contribution in [1.29, 1.82) is 0 Å². The fourth-order valence-corrected chi connectivity index (χ4v) is 1.63. The average molecular weight is 320 g/mol. The molecule has 18 heavy (non-hydrogen) atoms. The molecule has 0 unspecified atom stereocenters. The number of hydrogen-bond donors (Lipinski definition) is 2. The number of benzene rings is 1. The van der Waals surface area contributed by atoms with E-state index in [-0.39, 0.29) is 25.5 Å². The van der Waals surface area contributed by atoms with Crippen molar-refractivity contribution in [3.63, 3.8) is 0 Å². The number of ether oxygens (including phenoxy) is 1. The first kappa shape index (κ1) is 15.1. The second-order valence-corrected chi connectivity index (χ2v) is 4.69. The van der Waals surface area contributed by atoms with Crippen LogP contribution in [-0.4, -0.2) is 37.4 Å². The molecule has 6 heteroatoms. The molecule has 1 amide bonds. The van der Waals surface area contributed by atoms with Gasteiger partial charge in [0.15, 0.2) is 0 Å². The Labute approximate surface area is 113 Å². The van der Waals surface area contributed by atoms with E-state index in [2.05, 4.69) is 21.2 Å². The predicted molar refractivity (Wildman–Crippen MR) is 68.7 cm³/mol. The molecule has 0 spiro atoms. The van der Waals surface area contributed by atoms with Gasteiger partial charge in [-0.1, -0.05) is 6.07 Å². The van der Waals surface area contributed by atoms with Gasteiger partial charge in [0.05, 0.1) is 23.6 Å². The third-order valence-corrected chi connectivity index (χ3v) is 2.89. The number of halogens is 2. The zero-order valence-corrected chi connectivity index (χ0v) is 11.5. The van der Waals surface area contributed by atoms with Crippen LogP contribution in [-0.2, 0) is 16.0 Å². The molecule has 1 rings (SSSR count). The van der Waals surface area contributed by atoms with Crippen LogP contribution in [0.2, 0.25) is 0 Å². The summed E-state index contributed by atoms with van der Waals surface area (Å²) in [6.07, 6.45) is -0.662. The van der Waals surface area contributed by atoms with Gasteiger partial charge in [-0.15, -0.1) is 0 Å². The monoisotopic (exact) mass is 319 g/mol. The van der Waals surface area contributed by atoms with Gasteiger partial charge in [-0.2, -0.15) is 0 Å². The third-order valence-electron chi connectivity index (χ3n) is 2.24. The lowest BCUT2D eigenvalue weighted by Gasteiger charge is -2.10. The molecule has 0 aliphatic heterocycles. The Morgan fingerprint density at radius 1 is 1.61 bits per heavy atom. The van der Waals surface area contributed by atoms with Crippen LogP contribution in [0.15, 0.2) is 22.7 Å². The maximum Gasteiger partial charge on any atom is 0.224 e. The molecule has 1 aromatic carbocycles. The van der Waals surface area contributed by atoms with Crippen molar-refractivity contribution in [2.45, 2.75) is 12.5 Å². The van der Waals surface area contributed by atoms with Gasteiger partial charge in [0, 0.05) is 13.7 Å². The van der Waals surface area contributed by atoms with Gasteiger partial charge in [0.2, 0.25) is 5.91 Å². The van der Waals surface area contributed by atoms with Crippen LogP contribution in [0.4, 0.5) is 4.39 Å². The molecule has 100 valence electrons. The first-order valence-corrected chi connectivity index (χ1v) is 6.20. The van der Waals surface area contributed by atoms with E-state index in [9.17, 15) is 14.3 Å². The second-order valence-electron chi connectivity index (χ2n) is 3.84. The topological polar surface area (TPSA) is 58.6 Å². The summed E-state index contributed by atoms with van der Waals surface area (Å²) in [6, 6.07) is 4.52. The van der Waals surface area contributed by atoms with Gasteiger partial charge in [0.1, 0.15) is 5.82 Å². The lowest BCUT2D eigenvalue weighted by Crippen LogP contribution is -2.35. The minimum absolute atomic E-state index is 0.0733. The van der Waals surface area contributed by atoms with Crippen molar-refractivity contribution in [2.75, 3.05) is 20.3 Å². The predicted octanol–water partition coefficient (Wildman–Crippen LogP) is 1.25. The van der Waals surface area contributed by atoms with Crippen LogP contribution in [0.5, 0.6) is 0 Å². The Morgan fingerprint density at radius 3 is 2.94 bits per heavy atom. The Morgan fingerprint density at radius 2 is 2.33 bits per heavy atom. The molecule has 0 aliphatic carbocycles. The number of nitrogens with one attached hydrogen (secondary N) is 1. The van der Waals surface area contributed by atoms with Crippen molar-refractivity contribution in [2.24, 2.45) is 0 Å². The van der Waals surface area contributed by atoms with E-state index in [1.54, 1.807) is 12.1 Å². The molecule has 0 saturated carbocycles. The largest absolute Gasteiger partial charge is 0.389 e. The van der Waals surface area contributed by atoms with E-state index in [4.69, 9.17) is 4.74 Å². The summed E-state index contributed by atoms with van der Waals surface area (Å²) >= 11 is 3.04. The lowest BCUT2D eigenvalue weighted by molar-refractivity contribution is -0.121. The standard InChI is InChI=1S/C12H15BrFNO3/c1-18-7-9(16)6-15-12(17)5-8-2-3-10(13)11(14)4-8/h2-4,9,16H,5-7H2,1H3,(H,15,17)/t9-/m0/s1. The number of carbonyl (C=O) groups excluding carboxylic acids is 1. The van der Waals surface area contributed by atoms with Gasteiger partial charge in [-0.25, -0.2) is 4.39 Å². The highest BCUT2D eigenvalue weighted by molar-refractivity contribution is 9.10. The van der Waals surface area contributed by atoms with Crippen molar-refractivity contribution in [3.8, 4) is 0 Å². The quantitative estimate of drug-likeness (QED) is 0.829. The minimum atomic E-state index is -0.736. The van der Waals surface area contributed by atoms with Crippen molar-refractivity contribution >= 4 is 21.8 Å². The highest BCUT2D eigenvalue weighted by Crippen LogP contribution is 2.16. The van der Waals surface area contributed by atoms with Gasteiger partial charge in [-0.05, 0) is 33.6 Å². The fourth-order valence-electron chi connectivity index (χ4n) is 1.38. The van der Waals surface area contributed by atoms with Crippen LogP contribution in [0.3, 0.4) is 0 Å². The molecule has 0 aromatic heterocycles. The van der Waals surface area contributed by atoms with Crippen molar-refractivity contribution < 1.29 is 19.0 Å². The van der Waals surface area contributed by atoms with Crippen LogP contribution < -0.4 is 5.32 Å². The van der Waals surface area contributed by atoms with Crippen molar-refractivity contribution in [3.05, 3.63) is 34.1 Å². The summed E-state index contributed by atoms with van der Waals surface area (Å²) in [6.45, 7) is 0.277. The number of rotatable bonds is 6. The molecule has 0 fully saturated rings. The molecule has 1 atom stereocenters. The Bertz CT molecular complexity index is 414. The summed E-state index contributed by atoms with van der Waals surface area (Å²) in [5.41, 5.74) is 0.578. The van der Waals surface area contributed by atoms with Gasteiger partial charge in [-0.3, -0.25) is 4.79 Å². The molecule has 0 radical (unpaired) electrons. The van der Waals surface area contributed by atoms with Crippen molar-refractivity contribution in [1.82, 2.24) is 5.32 Å². The highest BCUT2D eigenvalue weighted by Gasteiger charge is 2.08. The Hall–Kier alpha value is -0.980. The van der Waals surface area contributed by atoms with E-state index >= 15 is 0 Å². The van der Waals surface area contributed by atoms with Gasteiger partial charge < -0.3 is 15.2 Å². The summed E-state index contributed by atoms with van der Waals surface area (Å²) in [5, 5.41) is 11.9. The molecule has 4 nitrogen and oxygen atoms in total. The molecule has 0 aliphatic rings. The Balaban J connectivity index is 2.42. The summed E-state index contributed by atoms with van der Waals surface area (Å²) in [4.78, 5) is 11.5. The number of aliphatic hydroxyl groups is 1. The van der Waals surface area contributed by atoms with E-state index in [0.29, 0.717) is 10.0 Å². The van der Waals surface area contributed by atoms with Crippen LogP contribution in [0.25, 0.3) is 0 Å². The SMILES string of the molecule is COC[C@@H](O)CNC(=O)Cc1ccc(Br)c(F)c1. The number of carbonyl (C=O) groups is 1. The smallest absolute Gasteiger partial charge is 0.224 e. The number of aliphatic hydroxyl groups excluding tert-OH is 1. The van der Waals surface area contributed by atoms with E-state index < -0.39 is 11.9 Å². The zero-order valence-electron chi connectivity index (χ0n) is 9.95. The molecule has 0 bridgehead atoms. The highest BCUT2D eigenvalue weighted by atomic mass is 79.9. The van der Waals surface area contributed by atoms with E-state index in [1.807, 2.05) is 0 Å². The van der Waals surface area contributed by atoms with E-state index in [1.165, 1.54) is 13.2 Å². The maximum atomic E-state index is 13.2. The van der Waals surface area contributed by atoms with E-state index in [0.717, 1.165) is 0 Å². The number of hydrogen-bond acceptors (Lipinski definition) is 3. The van der Waals surface area contributed by atoms with Gasteiger partial charge in [0.25, 0.3) is 0 Å². The maximum absolute atomic E-state index is 13.2. The molecular formula is C12H15BrFNO3. The Kier molecular flexibility index (Phi) is 6.24. The summed E-state index contributed by atoms with van der Waals surface area (Å²) in [7, 11) is 1.47. The first-order chi connectivity index (χ1) is 8.52. The summed E-state index contributed by atoms with van der Waals surface area (Å²) in [5.74, 6) is -0.674. The number of methoxy groups -OCH3 is 1. The fraction of sp³-hybridized carbons (Fsp3) is 0.417. The summed E-state index contributed by atoms with van der Waals surface area (Å²) < 4.78 is 18.3. The van der Waals surface area contributed by atoms with Crippen LogP contribution >= 0.6 is 15.9 Å². The molecule has 1 aromatic rings. The molecular weight excluding hydrogens is 305 g/mol. The first-order valence-electron chi connectivity index (χ1n) is 5.40. The van der Waals surface area contributed by atoms with Gasteiger partial charge >= 0.3 is 0 Å². The number of amides is 1. The average Bonchev–Trinajstić information content (AvgIpc) is 2.32. The van der Waals surface area contributed by atoms with Crippen LogP contribution in [0.1, 0.15) is 5.56 Å². The zero-order chi connectivity index (χ0) is 13.5. The molecule has 2 N–H and O–H groups in total. The van der Waals surface area contributed by atoms with Crippen LogP contribution in [0, 0.1) is 5.82 Å². The third kappa shape index (κ3) is 5.12. The second kappa shape index (κ2) is 7.45. The molecule has 0 heterocycles. The normalized spacial score (nSPS) is 12.2. The molecule has 0 saturated heterocycles. The lowest BCUT2D eigenvalue weighted by atomic mass is 10.1. The minimum Gasteiger partial charge on any atom is -0.389 e.